The topological polar surface area (TPSA) is 77.2 Å². The number of sulfone groups is 1. The highest BCUT2D eigenvalue weighted by molar-refractivity contribution is 7.89. The monoisotopic (exact) mass is 325 g/mol. The van der Waals surface area contributed by atoms with Gasteiger partial charge in [0.1, 0.15) is 11.6 Å². The van der Waals surface area contributed by atoms with Crippen molar-refractivity contribution in [2.24, 2.45) is 5.73 Å². The minimum Gasteiger partial charge on any atom is -0.366 e. The Kier molecular flexibility index (Phi) is 4.27. The maximum atomic E-state index is 14.2. The number of halogens is 2. The Hall–Kier alpha value is -2.28. The lowest BCUT2D eigenvalue weighted by Gasteiger charge is -2.11. The third-order valence-electron chi connectivity index (χ3n) is 3.03. The molecular formula is C15H13F2NO3S. The van der Waals surface area contributed by atoms with Gasteiger partial charge in [0, 0.05) is 17.4 Å². The van der Waals surface area contributed by atoms with Gasteiger partial charge in [-0.25, -0.2) is 17.2 Å². The molecule has 2 aromatic carbocycles. The van der Waals surface area contributed by atoms with E-state index in [9.17, 15) is 22.0 Å². The van der Waals surface area contributed by atoms with Gasteiger partial charge >= 0.3 is 0 Å². The number of primary amides is 1. The quantitative estimate of drug-likeness (QED) is 0.937. The minimum atomic E-state index is -3.42. The summed E-state index contributed by atoms with van der Waals surface area (Å²) in [6.45, 7) is 0. The Balaban J connectivity index is 2.60. The molecule has 0 bridgehead atoms. The molecule has 116 valence electrons. The standard InChI is InChI=1S/C15H13F2NO3S/c1-22(20,21)8-10-6-11(16)3-5-12(10)13-4-2-9(15(18)19)7-14(13)17/h2-7H,8H2,1H3,(H2,18,19). The van der Waals surface area contributed by atoms with E-state index >= 15 is 0 Å². The highest BCUT2D eigenvalue weighted by Crippen LogP contribution is 2.29. The lowest BCUT2D eigenvalue weighted by Crippen LogP contribution is -2.11. The van der Waals surface area contributed by atoms with Crippen molar-refractivity contribution in [2.45, 2.75) is 5.75 Å². The van der Waals surface area contributed by atoms with E-state index in [4.69, 9.17) is 5.73 Å². The Bertz CT molecular complexity index is 848. The van der Waals surface area contributed by atoms with Gasteiger partial charge in [0.25, 0.3) is 0 Å². The third kappa shape index (κ3) is 3.67. The first kappa shape index (κ1) is 16.1. The fourth-order valence-electron chi connectivity index (χ4n) is 2.11. The SMILES string of the molecule is CS(=O)(=O)Cc1cc(F)ccc1-c1ccc(C(N)=O)cc1F. The van der Waals surface area contributed by atoms with E-state index < -0.39 is 33.1 Å². The Labute approximate surface area is 126 Å². The van der Waals surface area contributed by atoms with Gasteiger partial charge in [-0.05, 0) is 35.4 Å². The van der Waals surface area contributed by atoms with Crippen molar-refractivity contribution >= 4 is 15.7 Å². The molecule has 0 aliphatic heterocycles. The fraction of sp³-hybridized carbons (Fsp3) is 0.133. The van der Waals surface area contributed by atoms with E-state index in [1.165, 1.54) is 18.2 Å². The van der Waals surface area contributed by atoms with Crippen molar-refractivity contribution in [3.63, 3.8) is 0 Å². The van der Waals surface area contributed by atoms with Crippen molar-refractivity contribution < 1.29 is 22.0 Å². The van der Waals surface area contributed by atoms with Crippen LogP contribution in [0.1, 0.15) is 15.9 Å². The summed E-state index contributed by atoms with van der Waals surface area (Å²) in [5, 5.41) is 0. The second-order valence-electron chi connectivity index (χ2n) is 4.93. The summed E-state index contributed by atoms with van der Waals surface area (Å²) in [7, 11) is -3.42. The summed E-state index contributed by atoms with van der Waals surface area (Å²) in [6, 6.07) is 7.08. The molecular weight excluding hydrogens is 312 g/mol. The average molecular weight is 325 g/mol. The number of rotatable bonds is 4. The summed E-state index contributed by atoms with van der Waals surface area (Å²) in [5.41, 5.74) is 5.53. The number of carbonyl (C=O) groups is 1. The zero-order valence-corrected chi connectivity index (χ0v) is 12.5. The van der Waals surface area contributed by atoms with Crippen LogP contribution >= 0.6 is 0 Å². The molecule has 2 rings (SSSR count). The summed E-state index contributed by atoms with van der Waals surface area (Å²) in [4.78, 5) is 11.0. The molecule has 0 heterocycles. The predicted molar refractivity (Wildman–Crippen MR) is 78.9 cm³/mol. The number of amides is 1. The summed E-state index contributed by atoms with van der Waals surface area (Å²) in [6.07, 6.45) is 1.01. The van der Waals surface area contributed by atoms with Crippen molar-refractivity contribution in [3.8, 4) is 11.1 Å². The van der Waals surface area contributed by atoms with Crippen molar-refractivity contribution in [1.29, 1.82) is 0 Å². The van der Waals surface area contributed by atoms with Gasteiger partial charge in [-0.2, -0.15) is 0 Å². The van der Waals surface area contributed by atoms with Crippen molar-refractivity contribution in [1.82, 2.24) is 0 Å². The molecule has 2 N–H and O–H groups in total. The van der Waals surface area contributed by atoms with Crippen LogP contribution in [0.5, 0.6) is 0 Å². The van der Waals surface area contributed by atoms with E-state index in [-0.39, 0.29) is 22.3 Å². The molecule has 1 amide bonds. The molecule has 0 fully saturated rings. The van der Waals surface area contributed by atoms with Gasteiger partial charge in [0.2, 0.25) is 5.91 Å². The second-order valence-corrected chi connectivity index (χ2v) is 7.07. The molecule has 22 heavy (non-hydrogen) atoms. The first-order valence-corrected chi connectivity index (χ1v) is 8.29. The number of benzene rings is 2. The van der Waals surface area contributed by atoms with Crippen LogP contribution in [0.15, 0.2) is 36.4 Å². The third-order valence-corrected chi connectivity index (χ3v) is 3.86. The lowest BCUT2D eigenvalue weighted by molar-refractivity contribution is 0.1000. The van der Waals surface area contributed by atoms with Crippen LogP contribution in [0.25, 0.3) is 11.1 Å². The normalized spacial score (nSPS) is 11.4. The molecule has 0 aromatic heterocycles. The van der Waals surface area contributed by atoms with Gasteiger partial charge in [-0.1, -0.05) is 12.1 Å². The first-order chi connectivity index (χ1) is 10.2. The van der Waals surface area contributed by atoms with Crippen LogP contribution in [0.2, 0.25) is 0 Å². The largest absolute Gasteiger partial charge is 0.366 e. The van der Waals surface area contributed by atoms with E-state index in [2.05, 4.69) is 0 Å². The summed E-state index contributed by atoms with van der Waals surface area (Å²) >= 11 is 0. The first-order valence-electron chi connectivity index (χ1n) is 6.23. The molecule has 0 unspecified atom stereocenters. The van der Waals surface area contributed by atoms with Gasteiger partial charge in [-0.3, -0.25) is 4.79 Å². The lowest BCUT2D eigenvalue weighted by atomic mass is 9.98. The Morgan fingerprint density at radius 3 is 2.27 bits per heavy atom. The minimum absolute atomic E-state index is 0.00646. The fourth-order valence-corrected chi connectivity index (χ4v) is 2.92. The predicted octanol–water partition coefficient (Wildman–Crippen LogP) is 2.28. The molecule has 0 saturated carbocycles. The highest BCUT2D eigenvalue weighted by atomic mass is 32.2. The van der Waals surface area contributed by atoms with Crippen LogP contribution in [0.3, 0.4) is 0 Å². The number of hydrogen-bond donors (Lipinski definition) is 1. The van der Waals surface area contributed by atoms with E-state index in [0.717, 1.165) is 24.5 Å². The molecule has 0 saturated heterocycles. The summed E-state index contributed by atoms with van der Waals surface area (Å²) in [5.74, 6) is -2.55. The van der Waals surface area contributed by atoms with Crippen LogP contribution < -0.4 is 5.73 Å². The summed E-state index contributed by atoms with van der Waals surface area (Å²) < 4.78 is 50.4. The molecule has 2 aromatic rings. The van der Waals surface area contributed by atoms with Crippen LogP contribution in [0, 0.1) is 11.6 Å². The zero-order chi connectivity index (χ0) is 16.5. The maximum Gasteiger partial charge on any atom is 0.248 e. The van der Waals surface area contributed by atoms with Gasteiger partial charge in [-0.15, -0.1) is 0 Å². The molecule has 0 spiro atoms. The van der Waals surface area contributed by atoms with E-state index in [1.807, 2.05) is 0 Å². The Morgan fingerprint density at radius 2 is 1.73 bits per heavy atom. The molecule has 0 aliphatic rings. The molecule has 7 heteroatoms. The maximum absolute atomic E-state index is 14.2. The van der Waals surface area contributed by atoms with Gasteiger partial charge in [0.15, 0.2) is 9.84 Å². The molecule has 0 aliphatic carbocycles. The van der Waals surface area contributed by atoms with E-state index in [0.29, 0.717) is 0 Å². The Morgan fingerprint density at radius 1 is 1.09 bits per heavy atom. The van der Waals surface area contributed by atoms with Crippen LogP contribution in [0.4, 0.5) is 8.78 Å². The number of hydrogen-bond acceptors (Lipinski definition) is 3. The smallest absolute Gasteiger partial charge is 0.248 e. The van der Waals surface area contributed by atoms with Crippen LogP contribution in [-0.4, -0.2) is 20.6 Å². The molecule has 0 radical (unpaired) electrons. The number of carbonyl (C=O) groups excluding carboxylic acids is 1. The van der Waals surface area contributed by atoms with Crippen molar-refractivity contribution in [3.05, 3.63) is 59.2 Å². The number of nitrogens with two attached hydrogens (primary N) is 1. The van der Waals surface area contributed by atoms with Crippen LogP contribution in [-0.2, 0) is 15.6 Å². The van der Waals surface area contributed by atoms with E-state index in [1.54, 1.807) is 0 Å². The molecule has 4 nitrogen and oxygen atoms in total. The molecule has 0 atom stereocenters. The van der Waals surface area contributed by atoms with Crippen molar-refractivity contribution in [2.75, 3.05) is 6.26 Å². The van der Waals surface area contributed by atoms with Gasteiger partial charge < -0.3 is 5.73 Å². The average Bonchev–Trinajstić information content (AvgIpc) is 2.37. The zero-order valence-electron chi connectivity index (χ0n) is 11.6. The second kappa shape index (κ2) is 5.84. The van der Waals surface area contributed by atoms with Gasteiger partial charge in [0.05, 0.1) is 5.75 Å². The highest BCUT2D eigenvalue weighted by Gasteiger charge is 2.16.